The van der Waals surface area contributed by atoms with Crippen molar-refractivity contribution in [3.05, 3.63) is 41.7 Å². The van der Waals surface area contributed by atoms with Crippen LogP contribution in [0.1, 0.15) is 19.2 Å². The summed E-state index contributed by atoms with van der Waals surface area (Å²) >= 11 is 0. The van der Waals surface area contributed by atoms with Gasteiger partial charge in [0.15, 0.2) is 11.6 Å². The number of anilines is 1. The van der Waals surface area contributed by atoms with Crippen molar-refractivity contribution < 1.29 is 13.5 Å². The number of aryl methyl sites for hydroxylation is 1. The van der Waals surface area contributed by atoms with Crippen LogP contribution in [0.2, 0.25) is 0 Å². The molecule has 0 aliphatic rings. The lowest BCUT2D eigenvalue weighted by atomic mass is 10.3. The second-order valence-electron chi connectivity index (χ2n) is 3.98. The number of nitrogens with two attached hydrogens (primary N) is 1. The monoisotopic (exact) mass is 265 g/mol. The summed E-state index contributed by atoms with van der Waals surface area (Å²) in [5.41, 5.74) is 5.63. The van der Waals surface area contributed by atoms with E-state index in [1.54, 1.807) is 0 Å². The highest BCUT2D eigenvalue weighted by Crippen LogP contribution is 2.22. The lowest BCUT2D eigenvalue weighted by Gasteiger charge is -2.07. The van der Waals surface area contributed by atoms with E-state index in [1.165, 1.54) is 12.1 Å². The van der Waals surface area contributed by atoms with Crippen LogP contribution in [0.4, 0.5) is 14.6 Å². The first kappa shape index (κ1) is 13.2. The van der Waals surface area contributed by atoms with Crippen molar-refractivity contribution in [2.75, 3.05) is 5.73 Å². The molecule has 0 radical (unpaired) electrons. The van der Waals surface area contributed by atoms with Crippen LogP contribution in [0, 0.1) is 11.6 Å². The van der Waals surface area contributed by atoms with E-state index < -0.39 is 11.6 Å². The third kappa shape index (κ3) is 3.37. The molecule has 0 atom stereocenters. The number of benzene rings is 1. The van der Waals surface area contributed by atoms with Crippen molar-refractivity contribution in [1.82, 2.24) is 9.97 Å². The Hall–Kier alpha value is -2.24. The summed E-state index contributed by atoms with van der Waals surface area (Å²) in [6, 6.07) is 4.69. The van der Waals surface area contributed by atoms with Gasteiger partial charge in [-0.1, -0.05) is 6.92 Å². The molecule has 2 rings (SSSR count). The van der Waals surface area contributed by atoms with Crippen molar-refractivity contribution in [3.63, 3.8) is 0 Å². The largest absolute Gasteiger partial charge is 0.439 e. The first-order valence-electron chi connectivity index (χ1n) is 5.85. The number of aromatic nitrogens is 2. The van der Waals surface area contributed by atoms with E-state index in [-0.39, 0.29) is 17.4 Å². The maximum absolute atomic E-state index is 13.0. The predicted molar refractivity (Wildman–Crippen MR) is 66.9 cm³/mol. The fourth-order valence-electron chi connectivity index (χ4n) is 1.54. The van der Waals surface area contributed by atoms with Crippen LogP contribution in [0.5, 0.6) is 11.6 Å². The standard InChI is InChI=1S/C13H13F2N3O/c1-2-3-12-17-11(16)7-13(18-12)19-8-4-5-9(14)10(15)6-8/h4-7H,2-3H2,1H3,(H2,16,17,18). The van der Waals surface area contributed by atoms with E-state index in [0.29, 0.717) is 12.2 Å². The number of hydrogen-bond donors (Lipinski definition) is 1. The van der Waals surface area contributed by atoms with Gasteiger partial charge in [0.2, 0.25) is 5.88 Å². The molecule has 4 nitrogen and oxygen atoms in total. The Bertz CT molecular complexity index is 590. The Morgan fingerprint density at radius 3 is 2.63 bits per heavy atom. The fourth-order valence-corrected chi connectivity index (χ4v) is 1.54. The van der Waals surface area contributed by atoms with Gasteiger partial charge >= 0.3 is 0 Å². The summed E-state index contributed by atoms with van der Waals surface area (Å²) in [7, 11) is 0. The van der Waals surface area contributed by atoms with Crippen molar-refractivity contribution >= 4 is 5.82 Å². The van der Waals surface area contributed by atoms with Crippen LogP contribution >= 0.6 is 0 Å². The molecule has 1 heterocycles. The van der Waals surface area contributed by atoms with Crippen LogP contribution in [0.3, 0.4) is 0 Å². The van der Waals surface area contributed by atoms with Gasteiger partial charge in [-0.25, -0.2) is 13.8 Å². The highest BCUT2D eigenvalue weighted by molar-refractivity contribution is 5.36. The Labute approximate surface area is 109 Å². The lowest BCUT2D eigenvalue weighted by Crippen LogP contribution is -2.01. The maximum Gasteiger partial charge on any atom is 0.224 e. The molecule has 0 unspecified atom stereocenters. The Morgan fingerprint density at radius 1 is 1.16 bits per heavy atom. The van der Waals surface area contributed by atoms with Gasteiger partial charge in [-0.15, -0.1) is 0 Å². The van der Waals surface area contributed by atoms with Gasteiger partial charge < -0.3 is 10.5 Å². The van der Waals surface area contributed by atoms with Gasteiger partial charge in [0, 0.05) is 18.6 Å². The van der Waals surface area contributed by atoms with E-state index in [9.17, 15) is 8.78 Å². The van der Waals surface area contributed by atoms with E-state index >= 15 is 0 Å². The van der Waals surface area contributed by atoms with Crippen LogP contribution in [-0.4, -0.2) is 9.97 Å². The molecule has 0 saturated heterocycles. The number of rotatable bonds is 4. The van der Waals surface area contributed by atoms with Crippen LogP contribution < -0.4 is 10.5 Å². The van der Waals surface area contributed by atoms with Crippen LogP contribution in [0.25, 0.3) is 0 Å². The fraction of sp³-hybridized carbons (Fsp3) is 0.231. The van der Waals surface area contributed by atoms with Gasteiger partial charge in [-0.05, 0) is 18.6 Å². The van der Waals surface area contributed by atoms with E-state index in [0.717, 1.165) is 18.6 Å². The number of nitrogens with zero attached hydrogens (tertiary/aromatic N) is 2. The highest BCUT2D eigenvalue weighted by atomic mass is 19.2. The maximum atomic E-state index is 13.0. The van der Waals surface area contributed by atoms with Crippen molar-refractivity contribution in [2.24, 2.45) is 0 Å². The molecule has 0 fully saturated rings. The zero-order valence-electron chi connectivity index (χ0n) is 10.4. The summed E-state index contributed by atoms with van der Waals surface area (Å²) in [5.74, 6) is -0.716. The third-order valence-electron chi connectivity index (χ3n) is 2.36. The van der Waals surface area contributed by atoms with E-state index in [2.05, 4.69) is 9.97 Å². The average Bonchev–Trinajstić information content (AvgIpc) is 2.33. The molecule has 0 aliphatic heterocycles. The molecule has 100 valence electrons. The minimum Gasteiger partial charge on any atom is -0.439 e. The first-order valence-corrected chi connectivity index (χ1v) is 5.85. The van der Waals surface area contributed by atoms with E-state index in [1.807, 2.05) is 6.92 Å². The topological polar surface area (TPSA) is 61.0 Å². The average molecular weight is 265 g/mol. The SMILES string of the molecule is CCCc1nc(N)cc(Oc2ccc(F)c(F)c2)n1. The second kappa shape index (κ2) is 5.60. The first-order chi connectivity index (χ1) is 9.08. The van der Waals surface area contributed by atoms with Crippen LogP contribution in [0.15, 0.2) is 24.3 Å². The molecule has 0 spiro atoms. The van der Waals surface area contributed by atoms with Crippen molar-refractivity contribution in [2.45, 2.75) is 19.8 Å². The Balaban J connectivity index is 2.24. The smallest absolute Gasteiger partial charge is 0.224 e. The minimum absolute atomic E-state index is 0.152. The third-order valence-corrected chi connectivity index (χ3v) is 2.36. The number of halogens is 2. The molecular weight excluding hydrogens is 252 g/mol. The minimum atomic E-state index is -0.978. The summed E-state index contributed by atoms with van der Waals surface area (Å²) in [6.07, 6.45) is 1.53. The molecule has 0 saturated carbocycles. The molecule has 2 aromatic rings. The zero-order chi connectivity index (χ0) is 13.8. The predicted octanol–water partition coefficient (Wildman–Crippen LogP) is 3.08. The molecule has 0 aliphatic carbocycles. The van der Waals surface area contributed by atoms with Gasteiger partial charge in [0.05, 0.1) is 0 Å². The van der Waals surface area contributed by atoms with Crippen molar-refractivity contribution in [3.8, 4) is 11.6 Å². The van der Waals surface area contributed by atoms with Crippen molar-refractivity contribution in [1.29, 1.82) is 0 Å². The molecule has 0 bridgehead atoms. The van der Waals surface area contributed by atoms with E-state index in [4.69, 9.17) is 10.5 Å². The second-order valence-corrected chi connectivity index (χ2v) is 3.98. The van der Waals surface area contributed by atoms with Gasteiger partial charge in [0.25, 0.3) is 0 Å². The quantitative estimate of drug-likeness (QED) is 0.922. The summed E-state index contributed by atoms with van der Waals surface area (Å²) in [4.78, 5) is 8.19. The Morgan fingerprint density at radius 2 is 1.95 bits per heavy atom. The lowest BCUT2D eigenvalue weighted by molar-refractivity contribution is 0.444. The normalized spacial score (nSPS) is 10.5. The molecule has 2 N–H and O–H groups in total. The molecule has 1 aromatic carbocycles. The molecular formula is C13H13F2N3O. The van der Waals surface area contributed by atoms with Gasteiger partial charge in [-0.2, -0.15) is 4.98 Å². The summed E-state index contributed by atoms with van der Waals surface area (Å²) in [5, 5.41) is 0. The number of ether oxygens (including phenoxy) is 1. The molecule has 6 heteroatoms. The molecule has 19 heavy (non-hydrogen) atoms. The van der Waals surface area contributed by atoms with Gasteiger partial charge in [0.1, 0.15) is 17.4 Å². The summed E-state index contributed by atoms with van der Waals surface area (Å²) in [6.45, 7) is 1.99. The summed E-state index contributed by atoms with van der Waals surface area (Å²) < 4.78 is 31.2. The van der Waals surface area contributed by atoms with Crippen LogP contribution in [-0.2, 0) is 6.42 Å². The molecule has 1 aromatic heterocycles. The number of nitrogen functional groups attached to an aromatic ring is 1. The molecule has 0 amide bonds. The highest BCUT2D eigenvalue weighted by Gasteiger charge is 2.07. The Kier molecular flexibility index (Phi) is 3.89. The van der Waals surface area contributed by atoms with Gasteiger partial charge in [-0.3, -0.25) is 0 Å². The zero-order valence-corrected chi connectivity index (χ0v) is 10.4. The number of hydrogen-bond acceptors (Lipinski definition) is 4.